The van der Waals surface area contributed by atoms with Crippen LogP contribution < -0.4 is 39.0 Å². The van der Waals surface area contributed by atoms with Gasteiger partial charge < -0.3 is 10.9 Å². The summed E-state index contributed by atoms with van der Waals surface area (Å²) in [4.78, 5) is -0.151. The number of methoxy groups -OCH3 is 2. The maximum absolute atomic E-state index is 11.1. The number of ether oxygens (including phenoxy) is 2. The van der Waals surface area contributed by atoms with Crippen molar-refractivity contribution in [2.75, 3.05) is 14.2 Å². The minimum Gasteiger partial charge on any atom is -1.00 e. The first-order valence-electron chi connectivity index (χ1n) is 5.09. The summed E-state index contributed by atoms with van der Waals surface area (Å²) in [5.41, 5.74) is 0. The molecule has 0 saturated carbocycles. The quantitative estimate of drug-likeness (QED) is 0.593. The van der Waals surface area contributed by atoms with Crippen LogP contribution in [-0.2, 0) is 10.1 Å². The van der Waals surface area contributed by atoms with E-state index in [4.69, 9.17) is 14.0 Å². The molecule has 0 amide bonds. The minimum absolute atomic E-state index is 0. The molecule has 2 aromatic carbocycles. The molecule has 0 unspecified atom stereocenters. The van der Waals surface area contributed by atoms with Crippen LogP contribution >= 0.6 is 0 Å². The average molecular weight is 292 g/mol. The Hall–Kier alpha value is -0.790. The number of benzene rings is 2. The third-order valence-corrected chi connectivity index (χ3v) is 3.46. The molecule has 0 radical (unpaired) electrons. The largest absolute Gasteiger partial charge is 1.00 e. The second-order valence-electron chi connectivity index (χ2n) is 3.69. The Morgan fingerprint density at radius 1 is 1.00 bits per heavy atom. The summed E-state index contributed by atoms with van der Waals surface area (Å²) in [5, 5.41) is 1.43. The van der Waals surface area contributed by atoms with Crippen molar-refractivity contribution in [1.82, 2.24) is 0 Å². The Bertz CT molecular complexity index is 702. The Morgan fingerprint density at radius 3 is 2.00 bits per heavy atom. The summed E-state index contributed by atoms with van der Waals surface area (Å²) in [7, 11) is -1.18. The van der Waals surface area contributed by atoms with Gasteiger partial charge in [-0.2, -0.15) is 8.42 Å². The summed E-state index contributed by atoms with van der Waals surface area (Å²) < 4.78 is 41.4. The van der Waals surface area contributed by atoms with Crippen molar-refractivity contribution < 1.29 is 53.4 Å². The molecule has 19 heavy (non-hydrogen) atoms. The molecular weight excluding hydrogens is 279 g/mol. The van der Waals surface area contributed by atoms with Gasteiger partial charge in [-0.05, 0) is 35.0 Å². The smallest absolute Gasteiger partial charge is 1.00 e. The molecule has 0 aliphatic rings. The molecule has 0 aromatic heterocycles. The third-order valence-electron chi connectivity index (χ3n) is 2.61. The number of fused-ring (bicyclic) bond motifs is 1. The zero-order chi connectivity index (χ0) is 13.3. The molecule has 98 valence electrons. The van der Waals surface area contributed by atoms with Crippen LogP contribution in [0.3, 0.4) is 0 Å². The van der Waals surface area contributed by atoms with Crippen LogP contribution in [0.4, 0.5) is 0 Å². The van der Waals surface area contributed by atoms with Gasteiger partial charge in [-0.1, -0.05) is 6.07 Å². The van der Waals surface area contributed by atoms with E-state index in [9.17, 15) is 8.42 Å². The van der Waals surface area contributed by atoms with Crippen molar-refractivity contribution in [2.24, 2.45) is 0 Å². The molecule has 1 N–H and O–H groups in total. The van der Waals surface area contributed by atoms with Crippen LogP contribution in [0.2, 0.25) is 0 Å². The standard InChI is InChI=1S/C12H12O5S.Na.H/c1-16-11-6-8-3-4-10(18(13,14)15)5-9(8)7-12(11)17-2;;/h3-7H,1-2H3,(H,13,14,15);;/q;+1;-1. The van der Waals surface area contributed by atoms with Crippen molar-refractivity contribution in [3.8, 4) is 11.5 Å². The number of hydrogen-bond acceptors (Lipinski definition) is 4. The summed E-state index contributed by atoms with van der Waals surface area (Å²) in [5.74, 6) is 1.06. The van der Waals surface area contributed by atoms with E-state index in [1.807, 2.05) is 0 Å². The number of hydrogen-bond donors (Lipinski definition) is 1. The molecule has 0 atom stereocenters. The Kier molecular flexibility index (Phi) is 5.23. The van der Waals surface area contributed by atoms with Gasteiger partial charge in [0.2, 0.25) is 0 Å². The molecule has 0 aliphatic carbocycles. The SMILES string of the molecule is COc1cc2ccc(S(=O)(=O)O)cc2cc1OC.[H-].[Na+]. The van der Waals surface area contributed by atoms with E-state index in [2.05, 4.69) is 0 Å². The van der Waals surface area contributed by atoms with E-state index in [0.717, 1.165) is 5.39 Å². The van der Waals surface area contributed by atoms with Gasteiger partial charge in [0, 0.05) is 0 Å². The van der Waals surface area contributed by atoms with Gasteiger partial charge in [-0.3, -0.25) is 4.55 Å². The third kappa shape index (κ3) is 3.40. The fraction of sp³-hybridized carbons (Fsp3) is 0.167. The zero-order valence-electron chi connectivity index (χ0n) is 11.9. The molecule has 0 fully saturated rings. The van der Waals surface area contributed by atoms with Gasteiger partial charge in [0.05, 0.1) is 19.1 Å². The molecule has 0 aliphatic heterocycles. The summed E-state index contributed by atoms with van der Waals surface area (Å²) in [6.45, 7) is 0. The Morgan fingerprint density at radius 2 is 1.53 bits per heavy atom. The van der Waals surface area contributed by atoms with Gasteiger partial charge in [0.25, 0.3) is 10.1 Å². The topological polar surface area (TPSA) is 72.8 Å². The normalized spacial score (nSPS) is 10.9. The zero-order valence-corrected chi connectivity index (χ0v) is 13.7. The van der Waals surface area contributed by atoms with Gasteiger partial charge in [0.15, 0.2) is 11.5 Å². The maximum Gasteiger partial charge on any atom is 1.00 e. The first-order valence-corrected chi connectivity index (χ1v) is 6.53. The van der Waals surface area contributed by atoms with Gasteiger partial charge >= 0.3 is 29.6 Å². The van der Waals surface area contributed by atoms with Crippen LogP contribution in [0.5, 0.6) is 11.5 Å². The van der Waals surface area contributed by atoms with Crippen LogP contribution in [0.25, 0.3) is 10.8 Å². The van der Waals surface area contributed by atoms with Crippen LogP contribution in [0.15, 0.2) is 35.2 Å². The number of rotatable bonds is 3. The van der Waals surface area contributed by atoms with Gasteiger partial charge in [-0.25, -0.2) is 0 Å². The molecule has 7 heteroatoms. The van der Waals surface area contributed by atoms with Gasteiger partial charge in [0.1, 0.15) is 0 Å². The monoisotopic (exact) mass is 292 g/mol. The second kappa shape index (κ2) is 6.11. The molecule has 5 nitrogen and oxygen atoms in total. The van der Waals surface area contributed by atoms with Crippen LogP contribution in [-0.4, -0.2) is 27.2 Å². The molecular formula is C12H13NaO5S. The predicted molar refractivity (Wildman–Crippen MR) is 68.0 cm³/mol. The molecule has 2 aromatic rings. The molecule has 0 bridgehead atoms. The van der Waals surface area contributed by atoms with E-state index >= 15 is 0 Å². The van der Waals surface area contributed by atoms with Crippen molar-refractivity contribution in [1.29, 1.82) is 0 Å². The molecule has 2 rings (SSSR count). The van der Waals surface area contributed by atoms with Crippen molar-refractivity contribution in [2.45, 2.75) is 4.90 Å². The summed E-state index contributed by atoms with van der Waals surface area (Å²) in [6.07, 6.45) is 0. The Balaban J connectivity index is 0.00000180. The fourth-order valence-corrected chi connectivity index (χ4v) is 2.23. The Labute approximate surface area is 135 Å². The van der Waals surface area contributed by atoms with Crippen molar-refractivity contribution in [3.63, 3.8) is 0 Å². The van der Waals surface area contributed by atoms with E-state index in [1.165, 1.54) is 26.4 Å². The fourth-order valence-electron chi connectivity index (χ4n) is 1.71. The average Bonchev–Trinajstić information content (AvgIpc) is 2.35. The molecule has 0 saturated heterocycles. The van der Waals surface area contributed by atoms with E-state index in [1.54, 1.807) is 18.2 Å². The maximum atomic E-state index is 11.1. The summed E-state index contributed by atoms with van der Waals surface area (Å²) >= 11 is 0. The van der Waals surface area contributed by atoms with Gasteiger partial charge in [-0.15, -0.1) is 0 Å². The van der Waals surface area contributed by atoms with Crippen LogP contribution in [0.1, 0.15) is 1.43 Å². The van der Waals surface area contributed by atoms with Crippen molar-refractivity contribution >= 4 is 20.9 Å². The second-order valence-corrected chi connectivity index (χ2v) is 5.11. The first kappa shape index (κ1) is 16.3. The minimum atomic E-state index is -4.20. The predicted octanol–water partition coefficient (Wildman–Crippen LogP) is -0.780. The summed E-state index contributed by atoms with van der Waals surface area (Å²) in [6, 6.07) is 7.71. The van der Waals surface area contributed by atoms with E-state index in [0.29, 0.717) is 16.9 Å². The molecule has 0 spiro atoms. The first-order chi connectivity index (χ1) is 8.45. The molecule has 0 heterocycles. The van der Waals surface area contributed by atoms with Crippen LogP contribution in [0, 0.1) is 0 Å². The van der Waals surface area contributed by atoms with E-state index < -0.39 is 10.1 Å². The van der Waals surface area contributed by atoms with E-state index in [-0.39, 0.29) is 35.9 Å². The van der Waals surface area contributed by atoms with Crippen molar-refractivity contribution in [3.05, 3.63) is 30.3 Å².